The number of hydrogen-bond acceptors (Lipinski definition) is 6. The Balaban J connectivity index is 4.04. The second-order valence-electron chi connectivity index (χ2n) is 22.0. The van der Waals surface area contributed by atoms with E-state index in [-0.39, 0.29) is 31.1 Å². The number of esters is 3. The highest BCUT2D eigenvalue weighted by Gasteiger charge is 2.19. The van der Waals surface area contributed by atoms with Crippen molar-refractivity contribution in [1.29, 1.82) is 0 Å². The van der Waals surface area contributed by atoms with E-state index in [9.17, 15) is 14.4 Å². The Morgan fingerprint density at radius 1 is 0.274 bits per heavy atom. The Kier molecular flexibility index (Phi) is 60.2. The fourth-order valence-corrected chi connectivity index (χ4v) is 9.71. The third-order valence-electron chi connectivity index (χ3n) is 14.6. The molecule has 0 bridgehead atoms. The van der Waals surface area contributed by atoms with Gasteiger partial charge in [-0.2, -0.15) is 0 Å². The number of carbonyl (C=O) groups excluding carboxylic acids is 3. The third kappa shape index (κ3) is 60.4. The first kappa shape index (κ1) is 70.6. The molecule has 0 spiro atoms. The van der Waals surface area contributed by atoms with Crippen LogP contribution in [0.1, 0.15) is 355 Å². The minimum Gasteiger partial charge on any atom is -0.462 e. The minimum atomic E-state index is -0.768. The normalized spacial score (nSPS) is 12.2. The third-order valence-corrected chi connectivity index (χ3v) is 14.6. The second kappa shape index (κ2) is 62.2. The summed E-state index contributed by atoms with van der Waals surface area (Å²) in [5.41, 5.74) is 0. The molecular weight excluding hydrogens is 901 g/mol. The number of rotatable bonds is 60. The van der Waals surface area contributed by atoms with Crippen LogP contribution in [-0.2, 0) is 28.6 Å². The molecule has 0 aliphatic rings. The molecule has 428 valence electrons. The number of unbranched alkanes of at least 4 members (excludes halogenated alkanes) is 43. The quantitative estimate of drug-likeness (QED) is 0.0261. The molecule has 6 nitrogen and oxygen atoms in total. The average molecular weight is 1030 g/mol. The van der Waals surface area contributed by atoms with Gasteiger partial charge < -0.3 is 14.2 Å². The smallest absolute Gasteiger partial charge is 0.306 e. The van der Waals surface area contributed by atoms with Crippen molar-refractivity contribution in [3.63, 3.8) is 0 Å². The molecule has 0 aliphatic heterocycles. The van der Waals surface area contributed by atoms with Crippen LogP contribution in [0.4, 0.5) is 0 Å². The number of carbonyl (C=O) groups is 3. The van der Waals surface area contributed by atoms with Crippen LogP contribution in [-0.4, -0.2) is 37.2 Å². The molecular formula is C67H124O6. The molecule has 0 rings (SSSR count). The van der Waals surface area contributed by atoms with E-state index in [0.29, 0.717) is 19.3 Å². The molecule has 0 aromatic rings. The molecule has 0 amide bonds. The molecule has 1 atom stereocenters. The van der Waals surface area contributed by atoms with Crippen LogP contribution >= 0.6 is 0 Å². The maximum atomic E-state index is 12.8. The Labute approximate surface area is 455 Å². The summed E-state index contributed by atoms with van der Waals surface area (Å²) in [5.74, 6) is -0.856. The van der Waals surface area contributed by atoms with E-state index in [4.69, 9.17) is 14.2 Å². The Bertz CT molecular complexity index is 1220. The lowest BCUT2D eigenvalue weighted by Crippen LogP contribution is -2.30. The van der Waals surface area contributed by atoms with Gasteiger partial charge in [0.15, 0.2) is 6.10 Å². The van der Waals surface area contributed by atoms with Gasteiger partial charge in [-0.05, 0) is 77.0 Å². The van der Waals surface area contributed by atoms with E-state index in [0.717, 1.165) is 64.2 Å². The molecule has 0 radical (unpaired) electrons. The summed E-state index contributed by atoms with van der Waals surface area (Å²) >= 11 is 0. The van der Waals surface area contributed by atoms with Gasteiger partial charge in [-0.15, -0.1) is 0 Å². The van der Waals surface area contributed by atoms with Crippen molar-refractivity contribution in [1.82, 2.24) is 0 Å². The first-order chi connectivity index (χ1) is 36.0. The van der Waals surface area contributed by atoms with E-state index < -0.39 is 6.10 Å². The lowest BCUT2D eigenvalue weighted by molar-refractivity contribution is -0.167. The maximum absolute atomic E-state index is 12.8. The molecule has 0 saturated carbocycles. The van der Waals surface area contributed by atoms with Crippen molar-refractivity contribution in [2.24, 2.45) is 0 Å². The highest BCUT2D eigenvalue weighted by molar-refractivity contribution is 5.71. The van der Waals surface area contributed by atoms with Gasteiger partial charge in [0.1, 0.15) is 13.2 Å². The van der Waals surface area contributed by atoms with Crippen molar-refractivity contribution in [3.8, 4) is 0 Å². The summed E-state index contributed by atoms with van der Waals surface area (Å²) < 4.78 is 16.8. The van der Waals surface area contributed by atoms with Crippen molar-refractivity contribution < 1.29 is 28.6 Å². The Morgan fingerprint density at radius 3 is 0.767 bits per heavy atom. The zero-order valence-electron chi connectivity index (χ0n) is 49.2. The molecule has 0 aliphatic carbocycles. The monoisotopic (exact) mass is 1020 g/mol. The predicted molar refractivity (Wildman–Crippen MR) is 316 cm³/mol. The number of allylic oxidation sites excluding steroid dienone is 6. The van der Waals surface area contributed by atoms with Gasteiger partial charge in [-0.3, -0.25) is 14.4 Å². The van der Waals surface area contributed by atoms with Crippen molar-refractivity contribution in [2.45, 2.75) is 361 Å². The van der Waals surface area contributed by atoms with Gasteiger partial charge in [0.05, 0.1) is 0 Å². The zero-order valence-corrected chi connectivity index (χ0v) is 49.2. The summed E-state index contributed by atoms with van der Waals surface area (Å²) in [6.45, 7) is 6.63. The summed E-state index contributed by atoms with van der Waals surface area (Å²) in [6, 6.07) is 0. The first-order valence-corrected chi connectivity index (χ1v) is 32.5. The highest BCUT2D eigenvalue weighted by Crippen LogP contribution is 2.17. The number of ether oxygens (including phenoxy) is 3. The van der Waals surface area contributed by atoms with Gasteiger partial charge >= 0.3 is 17.9 Å². The molecule has 73 heavy (non-hydrogen) atoms. The van der Waals surface area contributed by atoms with Gasteiger partial charge in [0.2, 0.25) is 0 Å². The molecule has 1 unspecified atom stereocenters. The maximum Gasteiger partial charge on any atom is 0.306 e. The van der Waals surface area contributed by atoms with Crippen LogP contribution in [0.2, 0.25) is 0 Å². The minimum absolute atomic E-state index is 0.0684. The van der Waals surface area contributed by atoms with E-state index >= 15 is 0 Å². The lowest BCUT2D eigenvalue weighted by Gasteiger charge is -2.18. The zero-order chi connectivity index (χ0) is 52.9. The van der Waals surface area contributed by atoms with Crippen LogP contribution in [0, 0.1) is 0 Å². The molecule has 6 heteroatoms. The van der Waals surface area contributed by atoms with Crippen molar-refractivity contribution in [3.05, 3.63) is 36.5 Å². The molecule has 0 heterocycles. The summed E-state index contributed by atoms with van der Waals surface area (Å²) in [4.78, 5) is 38.1. The molecule has 0 fully saturated rings. The van der Waals surface area contributed by atoms with Crippen molar-refractivity contribution >= 4 is 17.9 Å². The Morgan fingerprint density at radius 2 is 0.493 bits per heavy atom. The SMILES string of the molecule is CCCCCCC/C=C\C/C=C\CCCCCCCCCCCCCCCCCCCC(=O)OCC(COC(=O)CCCCCCCCC)OC(=O)CCCCCCCCCCC/C=C\CCCCCCCC. The van der Waals surface area contributed by atoms with Crippen LogP contribution in [0.15, 0.2) is 36.5 Å². The van der Waals surface area contributed by atoms with Gasteiger partial charge in [0, 0.05) is 19.3 Å². The van der Waals surface area contributed by atoms with Crippen LogP contribution in [0.5, 0.6) is 0 Å². The molecule has 0 saturated heterocycles. The highest BCUT2D eigenvalue weighted by atomic mass is 16.6. The van der Waals surface area contributed by atoms with E-state index in [1.165, 1.54) is 250 Å². The standard InChI is InChI=1S/C67H124O6/c1-4-7-10-13-16-18-20-22-24-26-28-29-30-31-32-33-34-35-36-37-39-40-42-44-46-48-51-54-57-60-66(69)72-63-64(62-71-65(68)59-56-53-50-15-12-9-6-3)73-67(70)61-58-55-52-49-47-45-43-41-38-27-25-23-21-19-17-14-11-8-5-2/h20,22-23,25-26,28,64H,4-19,21,24,27,29-63H2,1-3H3/b22-20-,25-23-,28-26-. The van der Waals surface area contributed by atoms with Crippen molar-refractivity contribution in [2.75, 3.05) is 13.2 Å². The fourth-order valence-electron chi connectivity index (χ4n) is 9.71. The van der Waals surface area contributed by atoms with Crippen LogP contribution in [0.25, 0.3) is 0 Å². The van der Waals surface area contributed by atoms with E-state index in [1.54, 1.807) is 0 Å². The molecule has 0 aromatic heterocycles. The summed E-state index contributed by atoms with van der Waals surface area (Å²) in [6.07, 6.45) is 76.2. The largest absolute Gasteiger partial charge is 0.462 e. The topological polar surface area (TPSA) is 78.9 Å². The second-order valence-corrected chi connectivity index (χ2v) is 22.0. The average Bonchev–Trinajstić information content (AvgIpc) is 3.39. The van der Waals surface area contributed by atoms with Crippen LogP contribution in [0.3, 0.4) is 0 Å². The predicted octanol–water partition coefficient (Wildman–Crippen LogP) is 22.0. The summed E-state index contributed by atoms with van der Waals surface area (Å²) in [7, 11) is 0. The molecule has 0 aromatic carbocycles. The lowest BCUT2D eigenvalue weighted by atomic mass is 10.0. The van der Waals surface area contributed by atoms with Crippen LogP contribution < -0.4 is 0 Å². The Hall–Kier alpha value is -2.37. The fraction of sp³-hybridized carbons (Fsp3) is 0.866. The van der Waals surface area contributed by atoms with Gasteiger partial charge in [-0.25, -0.2) is 0 Å². The number of hydrogen-bond donors (Lipinski definition) is 0. The molecule has 0 N–H and O–H groups in total. The summed E-state index contributed by atoms with van der Waals surface area (Å²) in [5, 5.41) is 0. The van der Waals surface area contributed by atoms with Gasteiger partial charge in [0.25, 0.3) is 0 Å². The van der Waals surface area contributed by atoms with E-state index in [2.05, 4.69) is 57.2 Å². The van der Waals surface area contributed by atoms with Gasteiger partial charge in [-0.1, -0.05) is 295 Å². The first-order valence-electron chi connectivity index (χ1n) is 32.5. The van der Waals surface area contributed by atoms with E-state index in [1.807, 2.05) is 0 Å².